The van der Waals surface area contributed by atoms with E-state index in [9.17, 15) is 9.59 Å². The van der Waals surface area contributed by atoms with Gasteiger partial charge in [-0.05, 0) is 24.6 Å². The molecule has 0 unspecified atom stereocenters. The van der Waals surface area contributed by atoms with Crippen molar-refractivity contribution in [2.45, 2.75) is 25.3 Å². The summed E-state index contributed by atoms with van der Waals surface area (Å²) < 4.78 is 2.00. The van der Waals surface area contributed by atoms with Crippen LogP contribution in [-0.2, 0) is 23.1 Å². The van der Waals surface area contributed by atoms with Crippen LogP contribution in [0, 0.1) is 0 Å². The normalized spacial score (nSPS) is 12.2. The van der Waals surface area contributed by atoms with Crippen LogP contribution in [0.4, 0.5) is 5.69 Å². The van der Waals surface area contributed by atoms with Gasteiger partial charge in [-0.15, -0.1) is 11.6 Å². The van der Waals surface area contributed by atoms with Crippen LogP contribution in [0.5, 0.6) is 0 Å². The summed E-state index contributed by atoms with van der Waals surface area (Å²) in [6, 6.07) is 5.18. The smallest absolute Gasteiger partial charge is 0.321 e. The van der Waals surface area contributed by atoms with Gasteiger partial charge in [0, 0.05) is 56.1 Å². The lowest BCUT2D eigenvalue weighted by atomic mass is 10.2. The van der Waals surface area contributed by atoms with Gasteiger partial charge in [0.25, 0.3) is 0 Å². The molecule has 1 aromatic heterocycles. The van der Waals surface area contributed by atoms with Crippen molar-refractivity contribution in [1.82, 2.24) is 9.55 Å². The molecule has 1 aromatic carbocycles. The van der Waals surface area contributed by atoms with Gasteiger partial charge in [-0.3, -0.25) is 9.59 Å². The van der Waals surface area contributed by atoms with Crippen LogP contribution in [-0.4, -0.2) is 68.2 Å². The SMILES string of the molecule is Cn1c(CCCC(=O)O)nc2cc(N(CCCl)CCSC[C@H](N)C(=O)O)ccc21. The molecule has 10 heteroatoms. The molecule has 0 spiro atoms. The minimum absolute atomic E-state index is 0.126. The Balaban J connectivity index is 2.06. The van der Waals surface area contributed by atoms with Crippen molar-refractivity contribution in [1.29, 1.82) is 0 Å². The van der Waals surface area contributed by atoms with E-state index < -0.39 is 18.0 Å². The number of benzene rings is 1. The predicted molar refractivity (Wildman–Crippen MR) is 117 cm³/mol. The van der Waals surface area contributed by atoms with E-state index >= 15 is 0 Å². The molecular formula is C19H27ClN4O4S. The third-order valence-corrected chi connectivity index (χ3v) is 5.82. The second kappa shape index (κ2) is 11.3. The molecule has 0 aliphatic rings. The zero-order valence-electron chi connectivity index (χ0n) is 16.4. The van der Waals surface area contributed by atoms with Gasteiger partial charge in [-0.1, -0.05) is 0 Å². The molecule has 0 amide bonds. The van der Waals surface area contributed by atoms with Gasteiger partial charge in [0.15, 0.2) is 0 Å². The summed E-state index contributed by atoms with van der Waals surface area (Å²) in [5.41, 5.74) is 8.38. The van der Waals surface area contributed by atoms with Crippen molar-refractivity contribution >= 4 is 52.0 Å². The molecule has 0 aliphatic carbocycles. The molecule has 2 aromatic rings. The number of aliphatic carboxylic acids is 2. The Labute approximate surface area is 179 Å². The molecule has 8 nitrogen and oxygen atoms in total. The summed E-state index contributed by atoms with van der Waals surface area (Å²) >= 11 is 7.47. The molecule has 0 aliphatic heterocycles. The van der Waals surface area contributed by atoms with Crippen LogP contribution in [0.2, 0.25) is 0 Å². The van der Waals surface area contributed by atoms with Crippen molar-refractivity contribution < 1.29 is 19.8 Å². The molecule has 0 saturated heterocycles. The highest BCUT2D eigenvalue weighted by Crippen LogP contribution is 2.23. The average Bonchev–Trinajstić information content (AvgIpc) is 2.98. The summed E-state index contributed by atoms with van der Waals surface area (Å²) in [4.78, 5) is 28.3. The Morgan fingerprint density at radius 3 is 2.76 bits per heavy atom. The number of hydrogen-bond acceptors (Lipinski definition) is 6. The molecule has 0 saturated carbocycles. The number of fused-ring (bicyclic) bond motifs is 1. The molecular weight excluding hydrogens is 416 g/mol. The number of aromatic nitrogens is 2. The maximum absolute atomic E-state index is 10.8. The van der Waals surface area contributed by atoms with Crippen molar-refractivity contribution in [3.63, 3.8) is 0 Å². The highest BCUT2D eigenvalue weighted by atomic mass is 35.5. The Morgan fingerprint density at radius 2 is 2.10 bits per heavy atom. The third kappa shape index (κ3) is 6.80. The molecule has 1 atom stereocenters. The van der Waals surface area contributed by atoms with Gasteiger partial charge in [-0.2, -0.15) is 11.8 Å². The number of nitrogens with two attached hydrogens (primary N) is 1. The topological polar surface area (TPSA) is 122 Å². The fourth-order valence-electron chi connectivity index (χ4n) is 2.98. The largest absolute Gasteiger partial charge is 0.481 e. The quantitative estimate of drug-likeness (QED) is 0.318. The number of carbonyl (C=O) groups is 2. The van der Waals surface area contributed by atoms with Gasteiger partial charge in [0.05, 0.1) is 11.0 Å². The fraction of sp³-hybridized carbons (Fsp3) is 0.526. The number of imidazole rings is 1. The summed E-state index contributed by atoms with van der Waals surface area (Å²) in [5.74, 6) is 0.641. The van der Waals surface area contributed by atoms with Crippen LogP contribution >= 0.6 is 23.4 Å². The summed E-state index contributed by atoms with van der Waals surface area (Å²) in [5, 5.41) is 17.7. The van der Waals surface area contributed by atoms with E-state index in [1.165, 1.54) is 11.8 Å². The second-order valence-corrected chi connectivity index (χ2v) is 8.23. The number of thioether (sulfide) groups is 1. The van der Waals surface area contributed by atoms with Crippen molar-refractivity contribution in [3.8, 4) is 0 Å². The lowest BCUT2D eigenvalue weighted by Crippen LogP contribution is -2.33. The van der Waals surface area contributed by atoms with Gasteiger partial charge < -0.3 is 25.4 Å². The number of halogens is 1. The molecule has 29 heavy (non-hydrogen) atoms. The number of rotatable bonds is 13. The molecule has 0 bridgehead atoms. The Morgan fingerprint density at radius 1 is 1.34 bits per heavy atom. The fourth-order valence-corrected chi connectivity index (χ4v) is 4.10. The number of anilines is 1. The van der Waals surface area contributed by atoms with E-state index in [0.29, 0.717) is 37.6 Å². The van der Waals surface area contributed by atoms with Gasteiger partial charge >= 0.3 is 11.9 Å². The lowest BCUT2D eigenvalue weighted by Gasteiger charge is -2.24. The maximum atomic E-state index is 10.8. The number of carboxylic acids is 2. The third-order valence-electron chi connectivity index (χ3n) is 4.59. The zero-order valence-corrected chi connectivity index (χ0v) is 18.0. The first-order valence-electron chi connectivity index (χ1n) is 9.37. The summed E-state index contributed by atoms with van der Waals surface area (Å²) in [7, 11) is 1.93. The highest BCUT2D eigenvalue weighted by molar-refractivity contribution is 7.99. The highest BCUT2D eigenvalue weighted by Gasteiger charge is 2.14. The van der Waals surface area contributed by atoms with Crippen LogP contribution in [0.15, 0.2) is 18.2 Å². The van der Waals surface area contributed by atoms with Crippen LogP contribution in [0.3, 0.4) is 0 Å². The molecule has 0 radical (unpaired) electrons. The van der Waals surface area contributed by atoms with Gasteiger partial charge in [0.1, 0.15) is 11.9 Å². The molecule has 0 fully saturated rings. The predicted octanol–water partition coefficient (Wildman–Crippen LogP) is 2.17. The number of nitrogens with zero attached hydrogens (tertiary/aromatic N) is 3. The Hall–Kier alpha value is -1.97. The van der Waals surface area contributed by atoms with E-state index in [0.717, 1.165) is 28.3 Å². The van der Waals surface area contributed by atoms with Gasteiger partial charge in [0.2, 0.25) is 0 Å². The minimum atomic E-state index is -0.991. The van der Waals surface area contributed by atoms with Crippen molar-refractivity contribution in [2.24, 2.45) is 12.8 Å². The summed E-state index contributed by atoms with van der Waals surface area (Å²) in [6.07, 6.45) is 1.28. The van der Waals surface area contributed by atoms with E-state index in [-0.39, 0.29) is 6.42 Å². The number of hydrogen-bond donors (Lipinski definition) is 3. The zero-order chi connectivity index (χ0) is 21.4. The Bertz CT molecular complexity index is 845. The monoisotopic (exact) mass is 442 g/mol. The van der Waals surface area contributed by atoms with Crippen molar-refractivity contribution in [2.75, 3.05) is 35.4 Å². The van der Waals surface area contributed by atoms with E-state index in [1.54, 1.807) is 0 Å². The van der Waals surface area contributed by atoms with Crippen LogP contribution in [0.1, 0.15) is 18.7 Å². The molecule has 160 valence electrons. The first kappa shape index (κ1) is 23.3. The Kier molecular flexibility index (Phi) is 9.06. The standard InChI is InChI=1S/C19H27ClN4O4S/c1-23-16-6-5-13(11-15(16)22-17(23)3-2-4-18(25)26)24(8-7-20)9-10-29-12-14(21)19(27)28/h5-6,11,14H,2-4,7-10,12,21H2,1H3,(H,25,26)(H,27,28)/t14-/m0/s1. The van der Waals surface area contributed by atoms with E-state index in [2.05, 4.69) is 9.88 Å². The molecule has 4 N–H and O–H groups in total. The first-order chi connectivity index (χ1) is 13.8. The second-order valence-electron chi connectivity index (χ2n) is 6.70. The van der Waals surface area contributed by atoms with E-state index in [1.807, 2.05) is 29.8 Å². The van der Waals surface area contributed by atoms with Crippen LogP contribution in [0.25, 0.3) is 11.0 Å². The van der Waals surface area contributed by atoms with Crippen LogP contribution < -0.4 is 10.6 Å². The number of aryl methyl sites for hydroxylation is 2. The lowest BCUT2D eigenvalue weighted by molar-refractivity contribution is -0.138. The van der Waals surface area contributed by atoms with Gasteiger partial charge in [-0.25, -0.2) is 4.98 Å². The molecule has 1 heterocycles. The van der Waals surface area contributed by atoms with E-state index in [4.69, 9.17) is 27.5 Å². The number of carboxylic acid groups (broad SMARTS) is 2. The maximum Gasteiger partial charge on any atom is 0.321 e. The minimum Gasteiger partial charge on any atom is -0.481 e. The summed E-state index contributed by atoms with van der Waals surface area (Å²) in [6.45, 7) is 1.38. The molecule has 2 rings (SSSR count). The average molecular weight is 443 g/mol. The number of alkyl halides is 1. The van der Waals surface area contributed by atoms with Crippen molar-refractivity contribution in [3.05, 3.63) is 24.0 Å². The first-order valence-corrected chi connectivity index (χ1v) is 11.1.